The van der Waals surface area contributed by atoms with E-state index >= 15 is 0 Å². The minimum atomic E-state index is -1.07. The lowest BCUT2D eigenvalue weighted by molar-refractivity contribution is -0.142. The zero-order valence-corrected chi connectivity index (χ0v) is 13.8. The Bertz CT molecular complexity index is 514. The van der Waals surface area contributed by atoms with Gasteiger partial charge in [-0.1, -0.05) is 19.9 Å². The van der Waals surface area contributed by atoms with Gasteiger partial charge >= 0.3 is 5.97 Å². The SMILES string of the molecule is CC(C)C[C@H](NC(=O)CNC(=O)C(C)c1cccs1)C(=O)O. The van der Waals surface area contributed by atoms with Crippen molar-refractivity contribution in [2.75, 3.05) is 6.54 Å². The number of hydrogen-bond donors (Lipinski definition) is 3. The maximum absolute atomic E-state index is 11.9. The van der Waals surface area contributed by atoms with E-state index in [1.807, 2.05) is 31.4 Å². The number of carboxylic acids is 1. The van der Waals surface area contributed by atoms with E-state index in [9.17, 15) is 14.4 Å². The van der Waals surface area contributed by atoms with Crippen molar-refractivity contribution in [1.29, 1.82) is 0 Å². The summed E-state index contributed by atoms with van der Waals surface area (Å²) in [4.78, 5) is 35.7. The van der Waals surface area contributed by atoms with Crippen molar-refractivity contribution >= 4 is 29.1 Å². The molecule has 1 aromatic heterocycles. The van der Waals surface area contributed by atoms with E-state index in [1.54, 1.807) is 6.92 Å². The van der Waals surface area contributed by atoms with E-state index in [1.165, 1.54) is 11.3 Å². The van der Waals surface area contributed by atoms with Gasteiger partial charge in [-0.3, -0.25) is 9.59 Å². The first-order chi connectivity index (χ1) is 10.3. The molecule has 0 bridgehead atoms. The average molecular weight is 326 g/mol. The molecule has 0 fully saturated rings. The number of amides is 2. The normalized spacial score (nSPS) is 13.5. The van der Waals surface area contributed by atoms with Gasteiger partial charge in [-0.2, -0.15) is 0 Å². The van der Waals surface area contributed by atoms with Crippen LogP contribution in [0.5, 0.6) is 0 Å². The lowest BCUT2D eigenvalue weighted by Gasteiger charge is -2.17. The van der Waals surface area contributed by atoms with Crippen molar-refractivity contribution in [3.63, 3.8) is 0 Å². The van der Waals surface area contributed by atoms with Crippen LogP contribution in [-0.4, -0.2) is 35.5 Å². The van der Waals surface area contributed by atoms with Crippen LogP contribution < -0.4 is 10.6 Å². The maximum Gasteiger partial charge on any atom is 0.326 e. The van der Waals surface area contributed by atoms with Gasteiger partial charge in [0.05, 0.1) is 12.5 Å². The first-order valence-corrected chi connectivity index (χ1v) is 8.02. The molecule has 0 radical (unpaired) electrons. The predicted molar refractivity (Wildman–Crippen MR) is 84.8 cm³/mol. The van der Waals surface area contributed by atoms with Crippen LogP contribution in [0.1, 0.15) is 38.0 Å². The van der Waals surface area contributed by atoms with E-state index in [0.717, 1.165) is 4.88 Å². The van der Waals surface area contributed by atoms with E-state index in [4.69, 9.17) is 5.11 Å². The third kappa shape index (κ3) is 5.85. The number of hydrogen-bond acceptors (Lipinski definition) is 4. The lowest BCUT2D eigenvalue weighted by atomic mass is 10.0. The van der Waals surface area contributed by atoms with Crippen molar-refractivity contribution in [2.24, 2.45) is 5.92 Å². The molecule has 7 heteroatoms. The Balaban J connectivity index is 2.44. The smallest absolute Gasteiger partial charge is 0.326 e. The highest BCUT2D eigenvalue weighted by atomic mass is 32.1. The van der Waals surface area contributed by atoms with Gasteiger partial charge in [0.2, 0.25) is 11.8 Å². The first kappa shape index (κ1) is 18.2. The van der Waals surface area contributed by atoms with Crippen LogP contribution in [0.4, 0.5) is 0 Å². The van der Waals surface area contributed by atoms with Gasteiger partial charge in [0.25, 0.3) is 0 Å². The van der Waals surface area contributed by atoms with Crippen LogP contribution in [0.2, 0.25) is 0 Å². The van der Waals surface area contributed by atoms with E-state index in [-0.39, 0.29) is 24.3 Å². The number of carbonyl (C=O) groups is 3. The molecule has 0 aliphatic rings. The molecule has 2 atom stereocenters. The van der Waals surface area contributed by atoms with Gasteiger partial charge in [0, 0.05) is 4.88 Å². The molecule has 0 spiro atoms. The average Bonchev–Trinajstić information content (AvgIpc) is 2.96. The molecule has 22 heavy (non-hydrogen) atoms. The van der Waals surface area contributed by atoms with Crippen molar-refractivity contribution in [3.8, 4) is 0 Å². The van der Waals surface area contributed by atoms with Crippen LogP contribution in [0.3, 0.4) is 0 Å². The van der Waals surface area contributed by atoms with Crippen LogP contribution in [-0.2, 0) is 14.4 Å². The van der Waals surface area contributed by atoms with E-state index < -0.39 is 17.9 Å². The largest absolute Gasteiger partial charge is 0.480 e. The number of rotatable bonds is 8. The number of thiophene rings is 1. The molecule has 0 saturated carbocycles. The third-order valence-corrected chi connectivity index (χ3v) is 4.18. The second-order valence-electron chi connectivity index (χ2n) is 5.54. The minimum absolute atomic E-state index is 0.148. The van der Waals surface area contributed by atoms with Gasteiger partial charge in [0.15, 0.2) is 0 Å². The monoisotopic (exact) mass is 326 g/mol. The van der Waals surface area contributed by atoms with Gasteiger partial charge in [-0.25, -0.2) is 4.79 Å². The summed E-state index contributed by atoms with van der Waals surface area (Å²) >= 11 is 1.48. The summed E-state index contributed by atoms with van der Waals surface area (Å²) < 4.78 is 0. The standard InChI is InChI=1S/C15H22N2O4S/c1-9(2)7-11(15(20)21)17-13(18)8-16-14(19)10(3)12-5-4-6-22-12/h4-6,9-11H,7-8H2,1-3H3,(H,16,19)(H,17,18)(H,20,21)/t10?,11-/m0/s1. The molecule has 3 N–H and O–H groups in total. The number of aliphatic carboxylic acids is 1. The second kappa shape index (κ2) is 8.53. The molecule has 122 valence electrons. The Labute approximate surface area is 133 Å². The summed E-state index contributed by atoms with van der Waals surface area (Å²) in [6.45, 7) is 5.30. The highest BCUT2D eigenvalue weighted by Gasteiger charge is 2.22. The molecule has 1 unspecified atom stereocenters. The van der Waals surface area contributed by atoms with Gasteiger partial charge in [0.1, 0.15) is 6.04 Å². The summed E-state index contributed by atoms with van der Waals surface area (Å²) in [5, 5.41) is 15.9. The van der Waals surface area contributed by atoms with Crippen LogP contribution in [0.15, 0.2) is 17.5 Å². The van der Waals surface area contributed by atoms with Gasteiger partial charge in [-0.05, 0) is 30.7 Å². The topological polar surface area (TPSA) is 95.5 Å². The zero-order valence-electron chi connectivity index (χ0n) is 13.0. The Kier molecular flexibility index (Phi) is 7.04. The van der Waals surface area contributed by atoms with Crippen molar-refractivity contribution in [1.82, 2.24) is 10.6 Å². The molecule has 0 aliphatic heterocycles. The summed E-state index contributed by atoms with van der Waals surface area (Å²) in [6, 6.07) is 2.79. The van der Waals surface area contributed by atoms with E-state index in [2.05, 4.69) is 10.6 Å². The first-order valence-electron chi connectivity index (χ1n) is 7.14. The Morgan fingerprint density at radius 3 is 2.45 bits per heavy atom. The molecule has 1 aromatic rings. The molecule has 0 aliphatic carbocycles. The number of carboxylic acid groups (broad SMARTS) is 1. The Morgan fingerprint density at radius 1 is 1.27 bits per heavy atom. The molecule has 0 aromatic carbocycles. The molecule has 0 saturated heterocycles. The summed E-state index contributed by atoms with van der Waals surface area (Å²) in [5.74, 6) is -2.01. The van der Waals surface area contributed by atoms with Gasteiger partial charge in [-0.15, -0.1) is 11.3 Å². The molecular formula is C15H22N2O4S. The number of carbonyl (C=O) groups excluding carboxylic acids is 2. The predicted octanol–water partition coefficient (Wildman–Crippen LogP) is 1.58. The zero-order chi connectivity index (χ0) is 16.7. The Hall–Kier alpha value is -1.89. The van der Waals surface area contributed by atoms with Crippen LogP contribution in [0.25, 0.3) is 0 Å². The fourth-order valence-electron chi connectivity index (χ4n) is 1.93. The highest BCUT2D eigenvalue weighted by Crippen LogP contribution is 2.20. The fourth-order valence-corrected chi connectivity index (χ4v) is 2.71. The Morgan fingerprint density at radius 2 is 1.95 bits per heavy atom. The van der Waals surface area contributed by atoms with E-state index in [0.29, 0.717) is 6.42 Å². The minimum Gasteiger partial charge on any atom is -0.480 e. The summed E-state index contributed by atoms with van der Waals surface area (Å²) in [7, 11) is 0. The lowest BCUT2D eigenvalue weighted by Crippen LogP contribution is -2.46. The van der Waals surface area contributed by atoms with Gasteiger partial charge < -0.3 is 15.7 Å². The number of nitrogens with one attached hydrogen (secondary N) is 2. The van der Waals surface area contributed by atoms with Crippen molar-refractivity contribution in [3.05, 3.63) is 22.4 Å². The van der Waals surface area contributed by atoms with Crippen molar-refractivity contribution < 1.29 is 19.5 Å². The molecule has 6 nitrogen and oxygen atoms in total. The molecule has 2 amide bonds. The molecule has 1 heterocycles. The fraction of sp³-hybridized carbons (Fsp3) is 0.533. The third-order valence-electron chi connectivity index (χ3n) is 3.13. The highest BCUT2D eigenvalue weighted by molar-refractivity contribution is 7.10. The quantitative estimate of drug-likeness (QED) is 0.676. The summed E-state index contributed by atoms with van der Waals surface area (Å²) in [5.41, 5.74) is 0. The second-order valence-corrected chi connectivity index (χ2v) is 6.52. The molecular weight excluding hydrogens is 304 g/mol. The molecule has 1 rings (SSSR count). The van der Waals surface area contributed by atoms with Crippen LogP contribution >= 0.6 is 11.3 Å². The maximum atomic E-state index is 11.9. The van der Waals surface area contributed by atoms with Crippen LogP contribution in [0, 0.1) is 5.92 Å². The van der Waals surface area contributed by atoms with Crippen molar-refractivity contribution in [2.45, 2.75) is 39.2 Å². The summed E-state index contributed by atoms with van der Waals surface area (Å²) in [6.07, 6.45) is 0.348.